The van der Waals surface area contributed by atoms with Crippen LogP contribution in [0, 0.1) is 0 Å². The number of carbonyl (C=O) groups excluding carboxylic acids is 1. The molecule has 0 aromatic heterocycles. The number of allylic oxidation sites excluding steroid dienone is 10. The summed E-state index contributed by atoms with van der Waals surface area (Å²) in [6.07, 6.45) is 32.3. The molecule has 288 valence electrons. The van der Waals surface area contributed by atoms with Crippen molar-refractivity contribution in [2.45, 2.75) is 179 Å². The van der Waals surface area contributed by atoms with Crippen LogP contribution < -0.4 is 5.32 Å². The van der Waals surface area contributed by atoms with Crippen LogP contribution in [-0.4, -0.2) is 87.5 Å². The van der Waals surface area contributed by atoms with Crippen molar-refractivity contribution in [1.82, 2.24) is 5.32 Å². The highest BCUT2D eigenvalue weighted by Gasteiger charge is 2.44. The zero-order valence-corrected chi connectivity index (χ0v) is 31.1. The zero-order chi connectivity index (χ0) is 36.7. The Bertz CT molecular complexity index is 962. The monoisotopic (exact) mass is 706 g/mol. The number of ether oxygens (including phenoxy) is 2. The summed E-state index contributed by atoms with van der Waals surface area (Å²) < 4.78 is 11.2. The van der Waals surface area contributed by atoms with Crippen LogP contribution in [0.3, 0.4) is 0 Å². The van der Waals surface area contributed by atoms with Crippen LogP contribution in [-0.2, 0) is 14.3 Å². The minimum atomic E-state index is -1.56. The molecule has 1 saturated heterocycles. The maximum Gasteiger partial charge on any atom is 0.220 e. The van der Waals surface area contributed by atoms with Crippen molar-refractivity contribution >= 4 is 5.91 Å². The smallest absolute Gasteiger partial charge is 0.220 e. The summed E-state index contributed by atoms with van der Waals surface area (Å²) >= 11 is 0. The van der Waals surface area contributed by atoms with Gasteiger partial charge in [0.1, 0.15) is 24.4 Å². The van der Waals surface area contributed by atoms with Crippen molar-refractivity contribution in [2.75, 3.05) is 13.2 Å². The number of rotatable bonds is 30. The van der Waals surface area contributed by atoms with Crippen molar-refractivity contribution in [2.24, 2.45) is 0 Å². The van der Waals surface area contributed by atoms with Crippen LogP contribution >= 0.6 is 0 Å². The molecule has 9 heteroatoms. The van der Waals surface area contributed by atoms with Crippen LogP contribution in [0.2, 0.25) is 0 Å². The maximum atomic E-state index is 12.9. The Labute approximate surface area is 303 Å². The number of carbonyl (C=O) groups is 1. The van der Waals surface area contributed by atoms with E-state index in [2.05, 4.69) is 79.9 Å². The summed E-state index contributed by atoms with van der Waals surface area (Å²) in [6.45, 7) is 3.63. The highest BCUT2D eigenvalue weighted by atomic mass is 16.7. The Kier molecular flexibility index (Phi) is 29.0. The average molecular weight is 706 g/mol. The number of nitrogens with one attached hydrogen (secondary N) is 1. The fourth-order valence-corrected chi connectivity index (χ4v) is 5.72. The number of amides is 1. The number of hydrogen-bond acceptors (Lipinski definition) is 8. The van der Waals surface area contributed by atoms with Gasteiger partial charge in [0.15, 0.2) is 6.29 Å². The predicted molar refractivity (Wildman–Crippen MR) is 202 cm³/mol. The van der Waals surface area contributed by atoms with E-state index in [0.717, 1.165) is 57.8 Å². The molecule has 9 nitrogen and oxygen atoms in total. The average Bonchev–Trinajstić information content (AvgIpc) is 3.11. The first-order chi connectivity index (χ1) is 24.3. The Balaban J connectivity index is 2.46. The van der Waals surface area contributed by atoms with Gasteiger partial charge in [-0.05, 0) is 51.4 Å². The van der Waals surface area contributed by atoms with E-state index >= 15 is 0 Å². The van der Waals surface area contributed by atoms with E-state index in [1.165, 1.54) is 44.9 Å². The summed E-state index contributed by atoms with van der Waals surface area (Å²) in [4.78, 5) is 12.9. The molecule has 0 bridgehead atoms. The van der Waals surface area contributed by atoms with Crippen LogP contribution in [0.25, 0.3) is 0 Å². The summed E-state index contributed by atoms with van der Waals surface area (Å²) in [5.41, 5.74) is 0. The molecule has 50 heavy (non-hydrogen) atoms. The first-order valence-electron chi connectivity index (χ1n) is 19.5. The van der Waals surface area contributed by atoms with Crippen molar-refractivity contribution in [1.29, 1.82) is 0 Å². The number of hydrogen-bond donors (Lipinski definition) is 6. The van der Waals surface area contributed by atoms with E-state index in [9.17, 15) is 30.3 Å². The molecule has 1 fully saturated rings. The zero-order valence-electron chi connectivity index (χ0n) is 31.1. The van der Waals surface area contributed by atoms with E-state index in [1.807, 2.05) is 0 Å². The minimum absolute atomic E-state index is 0.165. The molecule has 1 aliphatic rings. The SMILES string of the molecule is CC/C=C\C/C=C\C/C=C\C/C=C\C/C=C\CCCC(=O)NC(COC1OC(CO)C(O)C(O)C1O)C(O)CCCCCCCCCCCC. The molecule has 0 saturated carbocycles. The van der Waals surface area contributed by atoms with Crippen LogP contribution in [0.15, 0.2) is 60.8 Å². The van der Waals surface area contributed by atoms with Gasteiger partial charge in [0.2, 0.25) is 5.91 Å². The van der Waals surface area contributed by atoms with Crippen molar-refractivity contribution in [3.05, 3.63) is 60.8 Å². The van der Waals surface area contributed by atoms with E-state index in [0.29, 0.717) is 12.8 Å². The molecule has 1 aliphatic heterocycles. The second-order valence-corrected chi connectivity index (χ2v) is 13.3. The van der Waals surface area contributed by atoms with Gasteiger partial charge in [0.05, 0.1) is 25.4 Å². The third-order valence-electron chi connectivity index (χ3n) is 8.89. The third-order valence-corrected chi connectivity index (χ3v) is 8.89. The third kappa shape index (κ3) is 22.7. The Morgan fingerprint density at radius 3 is 1.76 bits per heavy atom. The first kappa shape index (κ1) is 45.9. The summed E-state index contributed by atoms with van der Waals surface area (Å²) in [7, 11) is 0. The molecule has 7 unspecified atom stereocenters. The Morgan fingerprint density at radius 2 is 1.22 bits per heavy atom. The number of unbranched alkanes of at least 4 members (excludes halogenated alkanes) is 10. The molecule has 0 aromatic carbocycles. The maximum absolute atomic E-state index is 12.9. The fraction of sp³-hybridized carbons (Fsp3) is 0.732. The van der Waals surface area contributed by atoms with Gasteiger partial charge in [-0.1, -0.05) is 139 Å². The van der Waals surface area contributed by atoms with Crippen LogP contribution in [0.4, 0.5) is 0 Å². The Hall–Kier alpha value is -2.11. The first-order valence-corrected chi connectivity index (χ1v) is 19.5. The molecular formula is C41H71NO8. The molecule has 0 radical (unpaired) electrons. The van der Waals surface area contributed by atoms with Gasteiger partial charge in [-0.15, -0.1) is 0 Å². The second-order valence-electron chi connectivity index (χ2n) is 13.3. The van der Waals surface area contributed by atoms with Crippen molar-refractivity contribution < 1.29 is 39.8 Å². The van der Waals surface area contributed by atoms with Gasteiger partial charge in [-0.25, -0.2) is 0 Å². The van der Waals surface area contributed by atoms with Gasteiger partial charge >= 0.3 is 0 Å². The molecular weight excluding hydrogens is 634 g/mol. The van der Waals surface area contributed by atoms with Crippen LogP contribution in [0.1, 0.15) is 136 Å². The Morgan fingerprint density at radius 1 is 0.700 bits per heavy atom. The summed E-state index contributed by atoms with van der Waals surface area (Å²) in [5.74, 6) is -0.207. The molecule has 1 heterocycles. The normalized spacial score (nSPS) is 22.9. The molecule has 0 spiro atoms. The summed E-state index contributed by atoms with van der Waals surface area (Å²) in [6, 6.07) is -0.748. The lowest BCUT2D eigenvalue weighted by Gasteiger charge is -2.40. The topological polar surface area (TPSA) is 149 Å². The molecule has 1 amide bonds. The summed E-state index contributed by atoms with van der Waals surface area (Å²) in [5, 5.41) is 54.0. The number of aliphatic hydroxyl groups is 5. The van der Waals surface area contributed by atoms with Gasteiger partial charge < -0.3 is 40.3 Å². The van der Waals surface area contributed by atoms with E-state index < -0.39 is 49.5 Å². The van der Waals surface area contributed by atoms with E-state index in [4.69, 9.17) is 9.47 Å². The number of aliphatic hydroxyl groups excluding tert-OH is 5. The molecule has 1 rings (SSSR count). The second kappa shape index (κ2) is 31.6. The quantitative estimate of drug-likeness (QED) is 0.0350. The largest absolute Gasteiger partial charge is 0.394 e. The van der Waals surface area contributed by atoms with E-state index in [-0.39, 0.29) is 18.9 Å². The highest BCUT2D eigenvalue weighted by molar-refractivity contribution is 5.76. The lowest BCUT2D eigenvalue weighted by molar-refractivity contribution is -0.302. The highest BCUT2D eigenvalue weighted by Crippen LogP contribution is 2.23. The standard InChI is InChI=1S/C41H71NO8/c1-3-5-7-9-11-13-15-16-17-18-19-20-21-23-25-27-29-31-37(45)42-34(33-49-41-40(48)39(47)38(46)36(32-43)50-41)35(44)30-28-26-24-22-14-12-10-8-6-4-2/h5,7,11,13,16-17,19-20,23,25,34-36,38-41,43-44,46-48H,3-4,6,8-10,12,14-15,18,21-22,24,26-33H2,1-2H3,(H,42,45)/b7-5-,13-11-,17-16-,20-19-,25-23-. The van der Waals surface area contributed by atoms with Gasteiger partial charge in [-0.3, -0.25) is 4.79 Å². The predicted octanol–water partition coefficient (Wildman–Crippen LogP) is 6.88. The van der Waals surface area contributed by atoms with Gasteiger partial charge in [-0.2, -0.15) is 0 Å². The van der Waals surface area contributed by atoms with E-state index in [1.54, 1.807) is 0 Å². The van der Waals surface area contributed by atoms with Crippen molar-refractivity contribution in [3.8, 4) is 0 Å². The minimum Gasteiger partial charge on any atom is -0.394 e. The lowest BCUT2D eigenvalue weighted by atomic mass is 9.99. The molecule has 0 aliphatic carbocycles. The molecule has 6 N–H and O–H groups in total. The van der Waals surface area contributed by atoms with Gasteiger partial charge in [0, 0.05) is 6.42 Å². The van der Waals surface area contributed by atoms with Crippen molar-refractivity contribution in [3.63, 3.8) is 0 Å². The molecule has 0 aromatic rings. The molecule has 7 atom stereocenters. The van der Waals surface area contributed by atoms with Gasteiger partial charge in [0.25, 0.3) is 0 Å². The lowest BCUT2D eigenvalue weighted by Crippen LogP contribution is -2.60. The van der Waals surface area contributed by atoms with Crippen LogP contribution in [0.5, 0.6) is 0 Å². The fourth-order valence-electron chi connectivity index (χ4n) is 5.72.